The Morgan fingerprint density at radius 3 is 2.58 bits per heavy atom. The molecule has 1 fully saturated rings. The summed E-state index contributed by atoms with van der Waals surface area (Å²) < 4.78 is 27.3. The zero-order chi connectivity index (χ0) is 13.9. The molecule has 1 saturated carbocycles. The van der Waals surface area contributed by atoms with Crippen molar-refractivity contribution >= 4 is 10.0 Å². The minimum Gasteiger partial charge on any atom is -0.447 e. The summed E-state index contributed by atoms with van der Waals surface area (Å²) >= 11 is 0. The van der Waals surface area contributed by atoms with E-state index in [9.17, 15) is 13.5 Å². The zero-order valence-electron chi connectivity index (χ0n) is 10.8. The van der Waals surface area contributed by atoms with Gasteiger partial charge in [0.1, 0.15) is 5.76 Å². The third-order valence-electron chi connectivity index (χ3n) is 3.72. The molecule has 0 bridgehead atoms. The molecule has 6 nitrogen and oxygen atoms in total. The average Bonchev–Trinajstić information content (AvgIpc) is 2.97. The zero-order valence-corrected chi connectivity index (χ0v) is 11.6. The largest absolute Gasteiger partial charge is 0.447 e. The van der Waals surface area contributed by atoms with Gasteiger partial charge in [0.25, 0.3) is 10.0 Å². The van der Waals surface area contributed by atoms with E-state index in [-0.39, 0.29) is 17.1 Å². The predicted molar refractivity (Wildman–Crippen MR) is 69.8 cm³/mol. The molecule has 1 aliphatic carbocycles. The molecule has 2 rings (SSSR count). The number of nitrogens with one attached hydrogen (secondary N) is 1. The van der Waals surface area contributed by atoms with Crippen LogP contribution in [-0.4, -0.2) is 26.7 Å². The third kappa shape index (κ3) is 3.56. The molecular weight excluding hydrogens is 268 g/mol. The lowest BCUT2D eigenvalue weighted by atomic mass is 9.87. The highest BCUT2D eigenvalue weighted by atomic mass is 32.2. The van der Waals surface area contributed by atoms with E-state index in [4.69, 9.17) is 9.56 Å². The Labute approximate surface area is 113 Å². The van der Waals surface area contributed by atoms with E-state index in [2.05, 4.69) is 5.32 Å². The van der Waals surface area contributed by atoms with Crippen LogP contribution in [0.2, 0.25) is 0 Å². The van der Waals surface area contributed by atoms with Crippen molar-refractivity contribution in [2.24, 2.45) is 10.6 Å². The topological polar surface area (TPSA) is 106 Å². The summed E-state index contributed by atoms with van der Waals surface area (Å²) in [6, 6.07) is 2.94. The molecule has 0 aliphatic heterocycles. The molecule has 19 heavy (non-hydrogen) atoms. The number of hydrogen-bond acceptors (Lipinski definition) is 5. The van der Waals surface area contributed by atoms with Gasteiger partial charge < -0.3 is 14.8 Å². The van der Waals surface area contributed by atoms with Gasteiger partial charge in [-0.05, 0) is 25.0 Å². The van der Waals surface area contributed by atoms with Crippen LogP contribution < -0.4 is 10.5 Å². The Hall–Kier alpha value is -0.890. The number of nitrogens with two attached hydrogens (primary N) is 1. The summed E-state index contributed by atoms with van der Waals surface area (Å²) in [5, 5.41) is 17.4. The minimum absolute atomic E-state index is 0.0324. The maximum Gasteiger partial charge on any atom is 0.271 e. The molecule has 0 radical (unpaired) electrons. The van der Waals surface area contributed by atoms with E-state index >= 15 is 0 Å². The van der Waals surface area contributed by atoms with Crippen LogP contribution in [0.4, 0.5) is 0 Å². The maximum atomic E-state index is 11.1. The highest BCUT2D eigenvalue weighted by molar-refractivity contribution is 7.89. The SMILES string of the molecule is NS(=O)(=O)c1ccc(CNCC2(CO)CCCC2)o1. The van der Waals surface area contributed by atoms with Crippen LogP contribution in [0.1, 0.15) is 31.4 Å². The fourth-order valence-corrected chi connectivity index (χ4v) is 3.05. The average molecular weight is 288 g/mol. The predicted octanol–water partition coefficient (Wildman–Crippen LogP) is 0.569. The Morgan fingerprint density at radius 1 is 1.37 bits per heavy atom. The van der Waals surface area contributed by atoms with Gasteiger partial charge in [-0.15, -0.1) is 0 Å². The van der Waals surface area contributed by atoms with E-state index in [1.165, 1.54) is 6.07 Å². The van der Waals surface area contributed by atoms with Gasteiger partial charge in [-0.3, -0.25) is 0 Å². The summed E-state index contributed by atoms with van der Waals surface area (Å²) in [4.78, 5) is 0. The summed E-state index contributed by atoms with van der Waals surface area (Å²) in [6.45, 7) is 1.31. The van der Waals surface area contributed by atoms with Crippen LogP contribution in [0.3, 0.4) is 0 Å². The van der Waals surface area contributed by atoms with Crippen molar-refractivity contribution in [3.8, 4) is 0 Å². The first kappa shape index (κ1) is 14.5. The highest BCUT2D eigenvalue weighted by Crippen LogP contribution is 2.36. The van der Waals surface area contributed by atoms with Crippen LogP contribution in [0, 0.1) is 5.41 Å². The van der Waals surface area contributed by atoms with Crippen LogP contribution in [0.5, 0.6) is 0 Å². The van der Waals surface area contributed by atoms with Crippen molar-refractivity contribution in [2.75, 3.05) is 13.2 Å². The molecule has 1 aromatic heterocycles. The Bertz CT molecular complexity index is 518. The van der Waals surface area contributed by atoms with Gasteiger partial charge in [0.15, 0.2) is 0 Å². The molecule has 0 unspecified atom stereocenters. The fraction of sp³-hybridized carbons (Fsp3) is 0.667. The van der Waals surface area contributed by atoms with Crippen molar-refractivity contribution in [3.63, 3.8) is 0 Å². The van der Waals surface area contributed by atoms with Crippen molar-refractivity contribution < 1.29 is 17.9 Å². The number of sulfonamides is 1. The normalized spacial score (nSPS) is 18.8. The standard InChI is InChI=1S/C12H20N2O4S/c13-19(16,17)11-4-3-10(18-11)7-14-8-12(9-15)5-1-2-6-12/h3-4,14-15H,1-2,5-9H2,(H2,13,16,17). The fourth-order valence-electron chi connectivity index (χ4n) is 2.57. The van der Waals surface area contributed by atoms with Crippen molar-refractivity contribution in [1.29, 1.82) is 0 Å². The molecule has 0 spiro atoms. The molecule has 1 heterocycles. The number of primary sulfonamides is 1. The van der Waals surface area contributed by atoms with Crippen molar-refractivity contribution in [1.82, 2.24) is 5.32 Å². The lowest BCUT2D eigenvalue weighted by Gasteiger charge is -2.26. The van der Waals surface area contributed by atoms with Crippen LogP contribution >= 0.6 is 0 Å². The number of rotatable bonds is 6. The van der Waals surface area contributed by atoms with Gasteiger partial charge in [0.05, 0.1) is 6.54 Å². The Kier molecular flexibility index (Phi) is 4.29. The first-order chi connectivity index (χ1) is 8.95. The summed E-state index contributed by atoms with van der Waals surface area (Å²) in [6.07, 6.45) is 4.35. The molecule has 0 amide bonds. The molecule has 4 N–H and O–H groups in total. The van der Waals surface area contributed by atoms with E-state index < -0.39 is 10.0 Å². The summed E-state index contributed by atoms with van der Waals surface area (Å²) in [5.74, 6) is 0.523. The molecule has 1 aliphatic rings. The van der Waals surface area contributed by atoms with E-state index in [1.807, 2.05) is 0 Å². The monoisotopic (exact) mass is 288 g/mol. The Morgan fingerprint density at radius 2 is 2.05 bits per heavy atom. The van der Waals surface area contributed by atoms with Gasteiger partial charge in [0, 0.05) is 18.6 Å². The number of furan rings is 1. The van der Waals surface area contributed by atoms with E-state index in [0.717, 1.165) is 25.7 Å². The van der Waals surface area contributed by atoms with Gasteiger partial charge >= 0.3 is 0 Å². The van der Waals surface area contributed by atoms with Crippen LogP contribution in [-0.2, 0) is 16.6 Å². The van der Waals surface area contributed by atoms with Gasteiger partial charge in [-0.1, -0.05) is 12.8 Å². The van der Waals surface area contributed by atoms with Crippen molar-refractivity contribution in [3.05, 3.63) is 17.9 Å². The highest BCUT2D eigenvalue weighted by Gasteiger charge is 2.32. The first-order valence-corrected chi connectivity index (χ1v) is 7.93. The quantitative estimate of drug-likeness (QED) is 0.709. The van der Waals surface area contributed by atoms with Crippen molar-refractivity contribution in [2.45, 2.75) is 37.3 Å². The van der Waals surface area contributed by atoms with Gasteiger partial charge in [-0.25, -0.2) is 13.6 Å². The Balaban J connectivity index is 1.87. The first-order valence-electron chi connectivity index (χ1n) is 6.38. The molecule has 0 atom stereocenters. The van der Waals surface area contributed by atoms with Gasteiger partial charge in [0.2, 0.25) is 5.09 Å². The molecule has 0 aromatic carbocycles. The molecule has 108 valence electrons. The maximum absolute atomic E-state index is 11.1. The van der Waals surface area contributed by atoms with Crippen LogP contribution in [0.25, 0.3) is 0 Å². The second kappa shape index (κ2) is 5.62. The van der Waals surface area contributed by atoms with E-state index in [1.54, 1.807) is 6.07 Å². The lowest BCUT2D eigenvalue weighted by molar-refractivity contribution is 0.127. The summed E-state index contributed by atoms with van der Waals surface area (Å²) in [7, 11) is -3.77. The smallest absolute Gasteiger partial charge is 0.271 e. The minimum atomic E-state index is -3.77. The summed E-state index contributed by atoms with van der Waals surface area (Å²) in [5.41, 5.74) is -0.0324. The number of aliphatic hydroxyl groups excluding tert-OH is 1. The number of aliphatic hydroxyl groups is 1. The van der Waals surface area contributed by atoms with Gasteiger partial charge in [-0.2, -0.15) is 0 Å². The third-order valence-corrected chi connectivity index (χ3v) is 4.50. The van der Waals surface area contributed by atoms with E-state index in [0.29, 0.717) is 18.8 Å². The van der Waals surface area contributed by atoms with Crippen LogP contribution in [0.15, 0.2) is 21.6 Å². The molecule has 0 saturated heterocycles. The second-order valence-electron chi connectivity index (χ2n) is 5.23. The lowest BCUT2D eigenvalue weighted by Crippen LogP contribution is -2.34. The number of hydrogen-bond donors (Lipinski definition) is 3. The second-order valence-corrected chi connectivity index (χ2v) is 6.73. The molecular formula is C12H20N2O4S. The molecule has 7 heteroatoms. The molecule has 1 aromatic rings.